The number of rotatable bonds is 5. The van der Waals surface area contributed by atoms with Crippen molar-refractivity contribution in [3.8, 4) is 5.75 Å². The Morgan fingerprint density at radius 2 is 1.90 bits per heavy atom. The molecule has 2 aromatic rings. The number of hydrogen-bond acceptors (Lipinski definition) is 4. The predicted octanol–water partition coefficient (Wildman–Crippen LogP) is 3.61. The zero-order valence-corrected chi connectivity index (χ0v) is 12.4. The van der Waals surface area contributed by atoms with E-state index in [1.165, 1.54) is 0 Å². The third kappa shape index (κ3) is 4.10. The lowest BCUT2D eigenvalue weighted by Gasteiger charge is -2.09. The summed E-state index contributed by atoms with van der Waals surface area (Å²) in [6, 6.07) is 8.92. The van der Waals surface area contributed by atoms with Gasteiger partial charge in [-0.15, -0.1) is 0 Å². The van der Waals surface area contributed by atoms with Crippen LogP contribution >= 0.6 is 11.6 Å². The number of phenols is 1. The van der Waals surface area contributed by atoms with Crippen molar-refractivity contribution >= 4 is 17.4 Å². The van der Waals surface area contributed by atoms with Gasteiger partial charge in [-0.2, -0.15) is 0 Å². The molecule has 0 aliphatic rings. The van der Waals surface area contributed by atoms with E-state index in [1.807, 2.05) is 26.0 Å². The number of phenolic OH excluding ortho intramolecular Hbond substituents is 1. The zero-order valence-electron chi connectivity index (χ0n) is 11.6. The van der Waals surface area contributed by atoms with Gasteiger partial charge in [-0.1, -0.05) is 37.6 Å². The monoisotopic (exact) mass is 291 g/mol. The number of halogens is 1. The average molecular weight is 292 g/mol. The van der Waals surface area contributed by atoms with Crippen LogP contribution in [-0.4, -0.2) is 21.6 Å². The number of aromatic hydroxyl groups is 1. The molecule has 2 rings (SSSR count). The molecule has 106 valence electrons. The third-order valence-corrected chi connectivity index (χ3v) is 3.08. The summed E-state index contributed by atoms with van der Waals surface area (Å²) in [7, 11) is 0. The van der Waals surface area contributed by atoms with Crippen LogP contribution in [0.2, 0.25) is 5.15 Å². The van der Waals surface area contributed by atoms with Crippen LogP contribution in [0.15, 0.2) is 30.3 Å². The van der Waals surface area contributed by atoms with Gasteiger partial charge in [0.1, 0.15) is 22.5 Å². The van der Waals surface area contributed by atoms with Crippen molar-refractivity contribution in [3.63, 3.8) is 0 Å². The van der Waals surface area contributed by atoms with E-state index in [-0.39, 0.29) is 11.7 Å². The lowest BCUT2D eigenvalue weighted by Crippen LogP contribution is -2.08. The normalized spacial score (nSPS) is 10.8. The minimum absolute atomic E-state index is 0.242. The average Bonchev–Trinajstić information content (AvgIpc) is 2.40. The van der Waals surface area contributed by atoms with Gasteiger partial charge in [0.2, 0.25) is 0 Å². The molecule has 0 aliphatic carbocycles. The summed E-state index contributed by atoms with van der Waals surface area (Å²) in [5.74, 6) is 2.01. The quantitative estimate of drug-likeness (QED) is 0.826. The summed E-state index contributed by atoms with van der Waals surface area (Å²) in [5, 5.41) is 12.9. The molecule has 0 bridgehead atoms. The predicted molar refractivity (Wildman–Crippen MR) is 81.4 cm³/mol. The van der Waals surface area contributed by atoms with E-state index in [1.54, 1.807) is 18.2 Å². The minimum atomic E-state index is 0.242. The Kier molecular flexibility index (Phi) is 4.79. The van der Waals surface area contributed by atoms with E-state index < -0.39 is 0 Å². The summed E-state index contributed by atoms with van der Waals surface area (Å²) in [4.78, 5) is 8.63. The van der Waals surface area contributed by atoms with Gasteiger partial charge >= 0.3 is 0 Å². The highest BCUT2D eigenvalue weighted by Crippen LogP contribution is 2.17. The second-order valence-corrected chi connectivity index (χ2v) is 5.32. The molecule has 0 spiro atoms. The van der Waals surface area contributed by atoms with Crippen LogP contribution in [0.1, 0.15) is 31.2 Å². The van der Waals surface area contributed by atoms with Crippen LogP contribution in [0.3, 0.4) is 0 Å². The smallest absolute Gasteiger partial charge is 0.135 e. The van der Waals surface area contributed by atoms with Crippen molar-refractivity contribution in [1.82, 2.24) is 9.97 Å². The Labute approximate surface area is 123 Å². The number of aromatic nitrogens is 2. The second-order valence-electron chi connectivity index (χ2n) is 4.93. The fraction of sp³-hybridized carbons (Fsp3) is 0.333. The molecule has 2 N–H and O–H groups in total. The maximum Gasteiger partial charge on any atom is 0.135 e. The molecule has 1 aromatic heterocycles. The highest BCUT2D eigenvalue weighted by atomic mass is 35.5. The van der Waals surface area contributed by atoms with E-state index in [4.69, 9.17) is 11.6 Å². The fourth-order valence-corrected chi connectivity index (χ4v) is 1.97. The second kappa shape index (κ2) is 6.57. The van der Waals surface area contributed by atoms with E-state index >= 15 is 0 Å². The third-order valence-electron chi connectivity index (χ3n) is 2.88. The number of hydrogen-bond donors (Lipinski definition) is 2. The van der Waals surface area contributed by atoms with Crippen molar-refractivity contribution in [2.24, 2.45) is 0 Å². The van der Waals surface area contributed by atoms with Gasteiger partial charge in [0, 0.05) is 18.5 Å². The summed E-state index contributed by atoms with van der Waals surface area (Å²) in [6.45, 7) is 4.81. The zero-order chi connectivity index (χ0) is 14.5. The van der Waals surface area contributed by atoms with Gasteiger partial charge in [0.05, 0.1) is 0 Å². The Morgan fingerprint density at radius 1 is 1.20 bits per heavy atom. The standard InChI is InChI=1S/C15H18ClN3O/c1-10(2)15-18-13(16)9-14(19-15)17-8-7-11-3-5-12(20)6-4-11/h3-6,9-10,20H,7-8H2,1-2H3,(H,17,18,19). The van der Waals surface area contributed by atoms with Crippen molar-refractivity contribution in [2.75, 3.05) is 11.9 Å². The van der Waals surface area contributed by atoms with Gasteiger partial charge in [0.15, 0.2) is 0 Å². The molecule has 4 nitrogen and oxygen atoms in total. The van der Waals surface area contributed by atoms with Gasteiger partial charge in [0.25, 0.3) is 0 Å². The maximum absolute atomic E-state index is 9.23. The maximum atomic E-state index is 9.23. The lowest BCUT2D eigenvalue weighted by molar-refractivity contribution is 0.475. The molecule has 0 atom stereocenters. The SMILES string of the molecule is CC(C)c1nc(Cl)cc(NCCc2ccc(O)cc2)n1. The Balaban J connectivity index is 1.95. The van der Waals surface area contributed by atoms with Gasteiger partial charge in [-0.25, -0.2) is 9.97 Å². The van der Waals surface area contributed by atoms with Gasteiger partial charge in [-0.05, 0) is 24.1 Å². The van der Waals surface area contributed by atoms with Gasteiger partial charge in [-0.3, -0.25) is 0 Å². The van der Waals surface area contributed by atoms with E-state index in [2.05, 4.69) is 15.3 Å². The summed E-state index contributed by atoms with van der Waals surface area (Å²) < 4.78 is 0. The highest BCUT2D eigenvalue weighted by molar-refractivity contribution is 6.29. The summed E-state index contributed by atoms with van der Waals surface area (Å²) >= 11 is 5.99. The molecule has 0 unspecified atom stereocenters. The molecular weight excluding hydrogens is 274 g/mol. The van der Waals surface area contributed by atoms with Gasteiger partial charge < -0.3 is 10.4 Å². The number of nitrogens with zero attached hydrogens (tertiary/aromatic N) is 2. The van der Waals surface area contributed by atoms with Crippen molar-refractivity contribution in [3.05, 3.63) is 46.9 Å². The Hall–Kier alpha value is -1.81. The molecule has 0 saturated heterocycles. The first kappa shape index (κ1) is 14.6. The topological polar surface area (TPSA) is 58.0 Å². The first-order valence-electron chi connectivity index (χ1n) is 6.61. The number of nitrogens with one attached hydrogen (secondary N) is 1. The Morgan fingerprint density at radius 3 is 2.55 bits per heavy atom. The van der Waals surface area contributed by atoms with Crippen LogP contribution in [0.5, 0.6) is 5.75 Å². The van der Waals surface area contributed by atoms with Crippen LogP contribution in [0.4, 0.5) is 5.82 Å². The first-order valence-corrected chi connectivity index (χ1v) is 6.98. The lowest BCUT2D eigenvalue weighted by atomic mass is 10.1. The van der Waals surface area contributed by atoms with Crippen molar-refractivity contribution in [1.29, 1.82) is 0 Å². The van der Waals surface area contributed by atoms with Crippen LogP contribution in [0, 0.1) is 0 Å². The summed E-state index contributed by atoms with van der Waals surface area (Å²) in [6.07, 6.45) is 0.846. The number of benzene rings is 1. The van der Waals surface area contributed by atoms with E-state index in [0.29, 0.717) is 5.15 Å². The molecule has 5 heteroatoms. The first-order chi connectivity index (χ1) is 9.54. The molecule has 1 heterocycles. The molecule has 0 amide bonds. The van der Waals surface area contributed by atoms with E-state index in [9.17, 15) is 5.11 Å². The van der Waals surface area contributed by atoms with Crippen molar-refractivity contribution in [2.45, 2.75) is 26.2 Å². The molecule has 0 radical (unpaired) electrons. The largest absolute Gasteiger partial charge is 0.508 e. The highest BCUT2D eigenvalue weighted by Gasteiger charge is 2.06. The van der Waals surface area contributed by atoms with Crippen LogP contribution in [-0.2, 0) is 6.42 Å². The molecule has 0 fully saturated rings. The Bertz CT molecular complexity index is 570. The molecule has 0 saturated carbocycles. The fourth-order valence-electron chi connectivity index (χ4n) is 1.78. The molecular formula is C15H18ClN3O. The molecule has 20 heavy (non-hydrogen) atoms. The van der Waals surface area contributed by atoms with Crippen molar-refractivity contribution < 1.29 is 5.11 Å². The molecule has 1 aromatic carbocycles. The van der Waals surface area contributed by atoms with Crippen LogP contribution < -0.4 is 5.32 Å². The van der Waals surface area contributed by atoms with Crippen LogP contribution in [0.25, 0.3) is 0 Å². The summed E-state index contributed by atoms with van der Waals surface area (Å²) in [5.41, 5.74) is 1.15. The molecule has 0 aliphatic heterocycles. The van der Waals surface area contributed by atoms with E-state index in [0.717, 1.165) is 30.2 Å². The number of anilines is 1. The minimum Gasteiger partial charge on any atom is -0.508 e.